The molecular weight excluding hydrogens is 162 g/mol. The van der Waals surface area contributed by atoms with Crippen LogP contribution in [0.25, 0.3) is 0 Å². The van der Waals surface area contributed by atoms with Crippen molar-refractivity contribution in [3.8, 4) is 0 Å². The third-order valence-corrected chi connectivity index (χ3v) is 4.11. The summed E-state index contributed by atoms with van der Waals surface area (Å²) < 4.78 is 5.71. The van der Waals surface area contributed by atoms with Crippen LogP contribution < -0.4 is 0 Å². The third-order valence-electron chi connectivity index (χ3n) is 4.11. The van der Waals surface area contributed by atoms with E-state index < -0.39 is 0 Å². The van der Waals surface area contributed by atoms with Crippen LogP contribution in [0.4, 0.5) is 0 Å². The van der Waals surface area contributed by atoms with Gasteiger partial charge in [0.25, 0.3) is 0 Å². The topological polar surface area (TPSA) is 12.5 Å². The summed E-state index contributed by atoms with van der Waals surface area (Å²) in [4.78, 5) is 2.72. The minimum absolute atomic E-state index is 0.622. The molecule has 0 aromatic carbocycles. The first-order chi connectivity index (χ1) is 6.43. The molecule has 2 nitrogen and oxygen atoms in total. The summed E-state index contributed by atoms with van der Waals surface area (Å²) in [7, 11) is 0. The number of piperidine rings is 1. The highest BCUT2D eigenvalue weighted by Crippen LogP contribution is 2.33. The molecule has 2 saturated heterocycles. The highest BCUT2D eigenvalue weighted by atomic mass is 16.5. The van der Waals surface area contributed by atoms with Crippen LogP contribution >= 0.6 is 0 Å². The molecule has 3 aliphatic rings. The van der Waals surface area contributed by atoms with Gasteiger partial charge in [-0.3, -0.25) is 4.90 Å². The second kappa shape index (κ2) is 3.25. The molecule has 0 bridgehead atoms. The van der Waals surface area contributed by atoms with Crippen molar-refractivity contribution < 1.29 is 4.74 Å². The summed E-state index contributed by atoms with van der Waals surface area (Å²) >= 11 is 0. The average Bonchev–Trinajstić information content (AvgIpc) is 2.47. The van der Waals surface area contributed by atoms with Crippen LogP contribution in [-0.2, 0) is 4.74 Å². The van der Waals surface area contributed by atoms with Crippen LogP contribution in [0, 0.1) is 5.92 Å². The summed E-state index contributed by atoms with van der Waals surface area (Å²) in [6.45, 7) is 3.65. The fourth-order valence-electron chi connectivity index (χ4n) is 2.99. The van der Waals surface area contributed by atoms with Gasteiger partial charge in [0.1, 0.15) is 0 Å². The van der Waals surface area contributed by atoms with Crippen LogP contribution in [0.5, 0.6) is 0 Å². The van der Waals surface area contributed by atoms with Crippen molar-refractivity contribution in [1.82, 2.24) is 4.90 Å². The van der Waals surface area contributed by atoms with Crippen LogP contribution in [0.1, 0.15) is 32.1 Å². The molecule has 0 spiro atoms. The number of hydrogen-bond acceptors (Lipinski definition) is 2. The normalized spacial score (nSPS) is 41.5. The van der Waals surface area contributed by atoms with Gasteiger partial charge >= 0.3 is 0 Å². The van der Waals surface area contributed by atoms with E-state index in [1.54, 1.807) is 0 Å². The van der Waals surface area contributed by atoms with Gasteiger partial charge in [-0.1, -0.05) is 6.42 Å². The number of hydrogen-bond donors (Lipinski definition) is 0. The van der Waals surface area contributed by atoms with Gasteiger partial charge < -0.3 is 4.74 Å². The van der Waals surface area contributed by atoms with E-state index in [0.717, 1.165) is 18.6 Å². The fourth-order valence-corrected chi connectivity index (χ4v) is 2.99. The zero-order valence-electron chi connectivity index (χ0n) is 8.24. The zero-order chi connectivity index (χ0) is 8.67. The molecular formula is C11H19NO. The van der Waals surface area contributed by atoms with Gasteiger partial charge in [0, 0.05) is 31.7 Å². The second-order valence-electron chi connectivity index (χ2n) is 4.83. The molecule has 0 amide bonds. The lowest BCUT2D eigenvalue weighted by atomic mass is 9.86. The molecule has 0 N–H and O–H groups in total. The van der Waals surface area contributed by atoms with Crippen LogP contribution in [-0.4, -0.2) is 36.7 Å². The SMILES string of the molecule is C1CC(N2CC[C@@H]3OCC[C@@H]3C2)C1. The Morgan fingerprint density at radius 1 is 1.08 bits per heavy atom. The molecule has 1 aliphatic carbocycles. The molecule has 0 aromatic rings. The summed E-state index contributed by atoms with van der Waals surface area (Å²) in [6.07, 6.45) is 7.61. The lowest BCUT2D eigenvalue weighted by Gasteiger charge is -2.43. The van der Waals surface area contributed by atoms with Crippen molar-refractivity contribution >= 4 is 0 Å². The summed E-state index contributed by atoms with van der Waals surface area (Å²) in [6, 6.07) is 0.946. The Labute approximate surface area is 80.2 Å². The van der Waals surface area contributed by atoms with Crippen molar-refractivity contribution in [3.05, 3.63) is 0 Å². The molecule has 13 heavy (non-hydrogen) atoms. The molecule has 74 valence electrons. The Balaban J connectivity index is 1.60. The minimum atomic E-state index is 0.622. The lowest BCUT2D eigenvalue weighted by Crippen LogP contribution is -2.48. The number of likely N-dealkylation sites (tertiary alicyclic amines) is 1. The van der Waals surface area contributed by atoms with E-state index in [9.17, 15) is 0 Å². The van der Waals surface area contributed by atoms with Gasteiger partial charge in [0.05, 0.1) is 6.10 Å². The Morgan fingerprint density at radius 2 is 2.00 bits per heavy atom. The highest BCUT2D eigenvalue weighted by Gasteiger charge is 2.37. The Kier molecular flexibility index (Phi) is 2.06. The molecule has 3 rings (SSSR count). The summed E-state index contributed by atoms with van der Waals surface area (Å²) in [5, 5.41) is 0. The largest absolute Gasteiger partial charge is 0.378 e. The Morgan fingerprint density at radius 3 is 2.77 bits per heavy atom. The monoisotopic (exact) mass is 181 g/mol. The van der Waals surface area contributed by atoms with Gasteiger partial charge in [-0.25, -0.2) is 0 Å². The maximum atomic E-state index is 5.71. The quantitative estimate of drug-likeness (QED) is 0.610. The minimum Gasteiger partial charge on any atom is -0.378 e. The second-order valence-corrected chi connectivity index (χ2v) is 4.83. The van der Waals surface area contributed by atoms with Crippen molar-refractivity contribution in [2.45, 2.75) is 44.2 Å². The maximum Gasteiger partial charge on any atom is 0.0628 e. The standard InChI is InChI=1S/C11H19NO/c1-2-10(3-1)12-6-4-11-9(8-12)5-7-13-11/h9-11H,1-8H2/t9-,11+/m1/s1. The van der Waals surface area contributed by atoms with E-state index in [2.05, 4.69) is 4.90 Å². The van der Waals surface area contributed by atoms with Gasteiger partial charge in [0.2, 0.25) is 0 Å². The predicted molar refractivity (Wildman–Crippen MR) is 51.7 cm³/mol. The van der Waals surface area contributed by atoms with Crippen LogP contribution in [0.2, 0.25) is 0 Å². The molecule has 2 heteroatoms. The number of rotatable bonds is 1. The van der Waals surface area contributed by atoms with Crippen molar-refractivity contribution in [3.63, 3.8) is 0 Å². The van der Waals surface area contributed by atoms with E-state index >= 15 is 0 Å². The molecule has 0 unspecified atom stereocenters. The van der Waals surface area contributed by atoms with Gasteiger partial charge in [-0.05, 0) is 25.7 Å². The fraction of sp³-hybridized carbons (Fsp3) is 1.00. The molecule has 3 fully saturated rings. The molecule has 2 heterocycles. The zero-order valence-corrected chi connectivity index (χ0v) is 8.24. The van der Waals surface area contributed by atoms with E-state index in [1.165, 1.54) is 45.2 Å². The maximum absolute atomic E-state index is 5.71. The van der Waals surface area contributed by atoms with E-state index in [1.807, 2.05) is 0 Å². The first-order valence-corrected chi connectivity index (χ1v) is 5.79. The molecule has 0 aromatic heterocycles. The Bertz CT molecular complexity index is 191. The third kappa shape index (κ3) is 1.40. The molecule has 1 saturated carbocycles. The highest BCUT2D eigenvalue weighted by molar-refractivity contribution is 4.89. The number of fused-ring (bicyclic) bond motifs is 1. The van der Waals surface area contributed by atoms with E-state index in [-0.39, 0.29) is 0 Å². The van der Waals surface area contributed by atoms with Crippen molar-refractivity contribution in [1.29, 1.82) is 0 Å². The van der Waals surface area contributed by atoms with Gasteiger partial charge in [-0.2, -0.15) is 0 Å². The molecule has 2 aliphatic heterocycles. The van der Waals surface area contributed by atoms with Crippen LogP contribution in [0.15, 0.2) is 0 Å². The van der Waals surface area contributed by atoms with Crippen molar-refractivity contribution in [2.24, 2.45) is 5.92 Å². The van der Waals surface area contributed by atoms with Gasteiger partial charge in [0.15, 0.2) is 0 Å². The van der Waals surface area contributed by atoms with E-state index in [0.29, 0.717) is 6.10 Å². The molecule has 0 radical (unpaired) electrons. The van der Waals surface area contributed by atoms with Crippen molar-refractivity contribution in [2.75, 3.05) is 19.7 Å². The van der Waals surface area contributed by atoms with E-state index in [4.69, 9.17) is 4.74 Å². The lowest BCUT2D eigenvalue weighted by molar-refractivity contribution is 0.00585. The average molecular weight is 181 g/mol. The summed E-state index contributed by atoms with van der Waals surface area (Å²) in [5.41, 5.74) is 0. The summed E-state index contributed by atoms with van der Waals surface area (Å²) in [5.74, 6) is 0.870. The first kappa shape index (κ1) is 8.25. The number of nitrogens with zero attached hydrogens (tertiary/aromatic N) is 1. The Hall–Kier alpha value is -0.0800. The smallest absolute Gasteiger partial charge is 0.0628 e. The first-order valence-electron chi connectivity index (χ1n) is 5.79. The molecule has 2 atom stereocenters. The number of ether oxygens (including phenoxy) is 1. The van der Waals surface area contributed by atoms with Gasteiger partial charge in [-0.15, -0.1) is 0 Å². The predicted octanol–water partition coefficient (Wildman–Crippen LogP) is 1.65. The van der Waals surface area contributed by atoms with Crippen LogP contribution in [0.3, 0.4) is 0 Å².